The lowest BCUT2D eigenvalue weighted by atomic mass is 10.1. The molecule has 5 rings (SSSR count). The number of aryl methyl sites for hydroxylation is 2. The van der Waals surface area contributed by atoms with Crippen LogP contribution in [-0.4, -0.2) is 35.0 Å². The fourth-order valence-electron chi connectivity index (χ4n) is 4.78. The zero-order valence-corrected chi connectivity index (χ0v) is 21.9. The molecule has 2 heterocycles. The number of para-hydroxylation sites is 1. The van der Waals surface area contributed by atoms with Crippen LogP contribution in [0.4, 0.5) is 5.69 Å². The molecule has 1 aliphatic heterocycles. The molecule has 0 saturated heterocycles. The van der Waals surface area contributed by atoms with E-state index in [1.54, 1.807) is 9.21 Å². The number of nitrogens with zero attached hydrogens (tertiary/aromatic N) is 4. The molecular formula is C29H30N4O3S. The lowest BCUT2D eigenvalue weighted by Crippen LogP contribution is -2.37. The lowest BCUT2D eigenvalue weighted by Gasteiger charge is -2.28. The van der Waals surface area contributed by atoms with Gasteiger partial charge in [-0.25, -0.2) is 8.42 Å². The van der Waals surface area contributed by atoms with Gasteiger partial charge in [0.05, 0.1) is 18.0 Å². The molecule has 0 fully saturated rings. The maximum atomic E-state index is 13.6. The van der Waals surface area contributed by atoms with Crippen LogP contribution in [0.3, 0.4) is 0 Å². The number of rotatable bonds is 7. The molecule has 0 spiro atoms. The van der Waals surface area contributed by atoms with Crippen LogP contribution in [-0.2, 0) is 42.3 Å². The Hall–Kier alpha value is -3.75. The summed E-state index contributed by atoms with van der Waals surface area (Å²) in [6.07, 6.45) is 0.574. The first-order valence-corrected chi connectivity index (χ1v) is 13.9. The second-order valence-corrected chi connectivity index (χ2v) is 11.4. The van der Waals surface area contributed by atoms with Crippen molar-refractivity contribution in [1.82, 2.24) is 14.1 Å². The van der Waals surface area contributed by atoms with Crippen molar-refractivity contribution >= 4 is 21.6 Å². The molecule has 0 bridgehead atoms. The third-order valence-electron chi connectivity index (χ3n) is 6.80. The quantitative estimate of drug-likeness (QED) is 0.365. The van der Waals surface area contributed by atoms with Crippen molar-refractivity contribution in [3.05, 3.63) is 119 Å². The van der Waals surface area contributed by atoms with E-state index in [1.807, 2.05) is 104 Å². The Morgan fingerprint density at radius 2 is 1.59 bits per heavy atom. The van der Waals surface area contributed by atoms with Gasteiger partial charge in [-0.15, -0.1) is 0 Å². The molecule has 0 unspecified atom stereocenters. The van der Waals surface area contributed by atoms with Gasteiger partial charge in [0.25, 0.3) is 5.91 Å². The maximum absolute atomic E-state index is 13.6. The zero-order valence-electron chi connectivity index (χ0n) is 21.0. The molecule has 1 aromatic heterocycles. The minimum absolute atomic E-state index is 0.0409. The Balaban J connectivity index is 1.45. The van der Waals surface area contributed by atoms with E-state index < -0.39 is 10.0 Å². The SMILES string of the molecule is Cc1ccc(C(=O)N(Cc2nn(C)c3c2CN(S(=O)(=O)Cc2ccccc2)CC3)c2ccccc2)cc1. The van der Waals surface area contributed by atoms with Gasteiger partial charge in [-0.2, -0.15) is 9.40 Å². The predicted molar refractivity (Wildman–Crippen MR) is 145 cm³/mol. The first kappa shape index (κ1) is 24.9. The number of benzene rings is 3. The average molecular weight is 515 g/mol. The molecule has 0 atom stereocenters. The molecule has 1 aliphatic rings. The molecule has 0 aliphatic carbocycles. The minimum Gasteiger partial charge on any atom is -0.302 e. The Morgan fingerprint density at radius 3 is 2.27 bits per heavy atom. The van der Waals surface area contributed by atoms with Crippen molar-refractivity contribution in [2.75, 3.05) is 11.4 Å². The summed E-state index contributed by atoms with van der Waals surface area (Å²) in [7, 11) is -1.63. The van der Waals surface area contributed by atoms with E-state index in [-0.39, 0.29) is 24.7 Å². The summed E-state index contributed by atoms with van der Waals surface area (Å²) in [4.78, 5) is 15.4. The van der Waals surface area contributed by atoms with Crippen molar-refractivity contribution in [3.63, 3.8) is 0 Å². The van der Waals surface area contributed by atoms with Gasteiger partial charge in [-0.3, -0.25) is 9.48 Å². The summed E-state index contributed by atoms with van der Waals surface area (Å²) in [6.45, 7) is 2.88. The number of carbonyl (C=O) groups is 1. The van der Waals surface area contributed by atoms with Gasteiger partial charge in [0.15, 0.2) is 0 Å². The molecule has 37 heavy (non-hydrogen) atoms. The third-order valence-corrected chi connectivity index (χ3v) is 8.59. The van der Waals surface area contributed by atoms with Crippen LogP contribution in [0.5, 0.6) is 0 Å². The predicted octanol–water partition coefficient (Wildman–Crippen LogP) is 4.46. The van der Waals surface area contributed by atoms with E-state index in [9.17, 15) is 13.2 Å². The fraction of sp³-hybridized carbons (Fsp3) is 0.241. The van der Waals surface area contributed by atoms with Gasteiger partial charge in [0, 0.05) is 49.1 Å². The number of sulfonamides is 1. The first-order chi connectivity index (χ1) is 17.8. The van der Waals surface area contributed by atoms with Crippen LogP contribution in [0.1, 0.15) is 38.4 Å². The van der Waals surface area contributed by atoms with E-state index in [4.69, 9.17) is 5.10 Å². The van der Waals surface area contributed by atoms with Crippen molar-refractivity contribution < 1.29 is 13.2 Å². The molecular weight excluding hydrogens is 484 g/mol. The van der Waals surface area contributed by atoms with E-state index in [1.165, 1.54) is 0 Å². The largest absolute Gasteiger partial charge is 0.302 e. The summed E-state index contributed by atoms with van der Waals surface area (Å²) < 4.78 is 29.9. The van der Waals surface area contributed by atoms with Gasteiger partial charge in [-0.05, 0) is 36.8 Å². The highest BCUT2D eigenvalue weighted by atomic mass is 32.2. The van der Waals surface area contributed by atoms with Crippen molar-refractivity contribution in [2.45, 2.75) is 32.2 Å². The van der Waals surface area contributed by atoms with Gasteiger partial charge in [-0.1, -0.05) is 66.2 Å². The van der Waals surface area contributed by atoms with E-state index in [0.717, 1.165) is 28.1 Å². The van der Waals surface area contributed by atoms with Crippen LogP contribution in [0.25, 0.3) is 0 Å². The monoisotopic (exact) mass is 514 g/mol. The first-order valence-electron chi connectivity index (χ1n) is 12.3. The molecule has 0 saturated carbocycles. The smallest absolute Gasteiger partial charge is 0.258 e. The second-order valence-electron chi connectivity index (χ2n) is 9.41. The standard InChI is InChI=1S/C29H30N4O3S/c1-22-13-15-24(16-14-22)29(34)33(25-11-7-4-8-12-25)20-27-26-19-32(18-17-28(26)31(2)30-27)37(35,36)21-23-9-5-3-6-10-23/h3-16H,17-21H2,1-2H3. The Labute approximate surface area is 218 Å². The Kier molecular flexibility index (Phi) is 6.95. The van der Waals surface area contributed by atoms with Crippen LogP contribution < -0.4 is 4.90 Å². The lowest BCUT2D eigenvalue weighted by molar-refractivity contribution is 0.0984. The van der Waals surface area contributed by atoms with Crippen molar-refractivity contribution in [1.29, 1.82) is 0 Å². The highest BCUT2D eigenvalue weighted by Gasteiger charge is 2.32. The summed E-state index contributed by atoms with van der Waals surface area (Å²) in [5.41, 5.74) is 5.79. The highest BCUT2D eigenvalue weighted by Crippen LogP contribution is 2.28. The van der Waals surface area contributed by atoms with Crippen LogP contribution in [0.2, 0.25) is 0 Å². The number of fused-ring (bicyclic) bond motifs is 1. The second kappa shape index (κ2) is 10.3. The molecule has 1 amide bonds. The number of hydrogen-bond donors (Lipinski definition) is 0. The number of amides is 1. The van der Waals surface area contributed by atoms with E-state index in [2.05, 4.69) is 0 Å². The molecule has 190 valence electrons. The maximum Gasteiger partial charge on any atom is 0.258 e. The third kappa shape index (κ3) is 5.35. The van der Waals surface area contributed by atoms with E-state index in [0.29, 0.717) is 24.2 Å². The average Bonchev–Trinajstić information content (AvgIpc) is 3.22. The Morgan fingerprint density at radius 1 is 0.946 bits per heavy atom. The summed E-state index contributed by atoms with van der Waals surface area (Å²) in [5, 5.41) is 4.75. The summed E-state index contributed by atoms with van der Waals surface area (Å²) >= 11 is 0. The normalized spacial score (nSPS) is 13.8. The Bertz CT molecular complexity index is 1500. The molecule has 3 aromatic carbocycles. The van der Waals surface area contributed by atoms with Crippen LogP contribution >= 0.6 is 0 Å². The van der Waals surface area contributed by atoms with Crippen molar-refractivity contribution in [3.8, 4) is 0 Å². The van der Waals surface area contributed by atoms with Crippen LogP contribution in [0.15, 0.2) is 84.9 Å². The molecule has 0 N–H and O–H groups in total. The number of hydrogen-bond acceptors (Lipinski definition) is 4. The highest BCUT2D eigenvalue weighted by molar-refractivity contribution is 7.88. The van der Waals surface area contributed by atoms with Gasteiger partial charge >= 0.3 is 0 Å². The van der Waals surface area contributed by atoms with E-state index >= 15 is 0 Å². The number of anilines is 1. The molecule has 4 aromatic rings. The van der Waals surface area contributed by atoms with Gasteiger partial charge in [0.2, 0.25) is 10.0 Å². The molecule has 8 heteroatoms. The molecule has 7 nitrogen and oxygen atoms in total. The topological polar surface area (TPSA) is 75.5 Å². The van der Waals surface area contributed by atoms with Crippen LogP contribution in [0, 0.1) is 6.92 Å². The number of aromatic nitrogens is 2. The summed E-state index contributed by atoms with van der Waals surface area (Å²) in [5.74, 6) is -0.171. The minimum atomic E-state index is -3.51. The zero-order chi connectivity index (χ0) is 26.0. The molecule has 0 radical (unpaired) electrons. The van der Waals surface area contributed by atoms with Gasteiger partial charge in [0.1, 0.15) is 0 Å². The number of carbonyl (C=O) groups excluding carboxylic acids is 1. The fourth-order valence-corrected chi connectivity index (χ4v) is 6.27. The van der Waals surface area contributed by atoms with Crippen molar-refractivity contribution in [2.24, 2.45) is 7.05 Å². The van der Waals surface area contributed by atoms with Gasteiger partial charge < -0.3 is 4.90 Å². The summed E-state index contributed by atoms with van der Waals surface area (Å²) in [6, 6.07) is 26.3.